The van der Waals surface area contributed by atoms with E-state index in [0.29, 0.717) is 5.41 Å². The van der Waals surface area contributed by atoms with Gasteiger partial charge in [0.05, 0.1) is 0 Å². The molecule has 4 bridgehead atoms. The molecule has 164 valence electrons. The first-order valence-corrected chi connectivity index (χ1v) is 13.2. The summed E-state index contributed by atoms with van der Waals surface area (Å²) in [7, 11) is 0. The van der Waals surface area contributed by atoms with Crippen LogP contribution in [0.3, 0.4) is 0 Å². The minimum atomic E-state index is 0.694. The second-order valence-corrected chi connectivity index (χ2v) is 12.9. The molecule has 5 aliphatic rings. The van der Waals surface area contributed by atoms with Gasteiger partial charge in [-0.05, 0) is 116 Å². The summed E-state index contributed by atoms with van der Waals surface area (Å²) in [6, 6.07) is 0. The van der Waals surface area contributed by atoms with Crippen LogP contribution in [-0.4, -0.2) is 0 Å². The van der Waals surface area contributed by atoms with E-state index in [2.05, 4.69) is 48.5 Å². The van der Waals surface area contributed by atoms with Gasteiger partial charge in [-0.3, -0.25) is 0 Å². The predicted molar refractivity (Wildman–Crippen MR) is 124 cm³/mol. The van der Waals surface area contributed by atoms with Crippen LogP contribution in [0.2, 0.25) is 0 Å². The first-order chi connectivity index (χ1) is 13.2. The van der Waals surface area contributed by atoms with E-state index in [1.165, 1.54) is 32.1 Å². The first-order valence-electron chi connectivity index (χ1n) is 13.2. The normalized spacial score (nSPS) is 41.2. The van der Waals surface area contributed by atoms with Gasteiger partial charge in [-0.25, -0.2) is 0 Å². The molecule has 0 nitrogen and oxygen atoms in total. The quantitative estimate of drug-likeness (QED) is 0.440. The van der Waals surface area contributed by atoms with Crippen molar-refractivity contribution < 1.29 is 0 Å². The van der Waals surface area contributed by atoms with Crippen molar-refractivity contribution in [2.75, 3.05) is 0 Å². The highest BCUT2D eigenvalue weighted by molar-refractivity contribution is 5.03. The van der Waals surface area contributed by atoms with Crippen molar-refractivity contribution in [1.82, 2.24) is 0 Å². The molecule has 0 amide bonds. The Morgan fingerprint density at radius 3 is 1.93 bits per heavy atom. The first kappa shape index (κ1) is 22.7. The van der Waals surface area contributed by atoms with Gasteiger partial charge in [0, 0.05) is 0 Å². The monoisotopic (exact) mass is 388 g/mol. The van der Waals surface area contributed by atoms with Gasteiger partial charge in [-0.1, -0.05) is 61.3 Å². The molecule has 0 heteroatoms. The predicted octanol–water partition coefficient (Wildman–Crippen LogP) is 8.99. The Hall–Kier alpha value is 0. The fourth-order valence-corrected chi connectivity index (χ4v) is 7.77. The molecular formula is C28H52. The standard InChI is InChI=1S/2C14H26/c1-10(2)5-6-11-7-8-12-9-13(11)14(12,3)4;1-4-11-5-12-7-13(6-11)9-14(8-12)10(2)3/h10-13H,5-9H2,1-4H3;10-14H,4-9H2,1-3H3/t11-,12+,13+;11?,12-,13+,14?/m1./s1. The maximum atomic E-state index is 2.51. The van der Waals surface area contributed by atoms with Gasteiger partial charge < -0.3 is 0 Å². The van der Waals surface area contributed by atoms with Crippen LogP contribution >= 0.6 is 0 Å². The van der Waals surface area contributed by atoms with Crippen molar-refractivity contribution in [3.05, 3.63) is 0 Å². The van der Waals surface area contributed by atoms with Crippen LogP contribution < -0.4 is 0 Å². The molecule has 0 radical (unpaired) electrons. The molecule has 0 heterocycles. The smallest absolute Gasteiger partial charge is 0.0295 e. The zero-order chi connectivity index (χ0) is 20.5. The van der Waals surface area contributed by atoms with E-state index in [0.717, 1.165) is 53.3 Å². The molecule has 2 unspecified atom stereocenters. The second-order valence-electron chi connectivity index (χ2n) is 12.9. The third-order valence-electron chi connectivity index (χ3n) is 9.91. The van der Waals surface area contributed by atoms with E-state index in [1.54, 1.807) is 38.5 Å². The average Bonchev–Trinajstić information content (AvgIpc) is 2.65. The molecule has 7 atom stereocenters. The van der Waals surface area contributed by atoms with Gasteiger partial charge in [0.2, 0.25) is 0 Å². The van der Waals surface area contributed by atoms with E-state index in [1.807, 2.05) is 0 Å². The van der Waals surface area contributed by atoms with Crippen molar-refractivity contribution in [2.24, 2.45) is 58.7 Å². The molecule has 0 aromatic heterocycles. The lowest BCUT2D eigenvalue weighted by Crippen LogP contribution is -2.52. The average molecular weight is 389 g/mol. The topological polar surface area (TPSA) is 0 Å². The van der Waals surface area contributed by atoms with E-state index >= 15 is 0 Å². The molecule has 28 heavy (non-hydrogen) atoms. The maximum absolute atomic E-state index is 2.51. The fraction of sp³-hybridized carbons (Fsp3) is 1.00. The lowest BCUT2D eigenvalue weighted by Gasteiger charge is -2.60. The molecule has 0 aromatic carbocycles. The van der Waals surface area contributed by atoms with Crippen LogP contribution in [0, 0.1) is 58.7 Å². The summed E-state index contributed by atoms with van der Waals surface area (Å²) < 4.78 is 0. The van der Waals surface area contributed by atoms with Crippen LogP contribution in [0.15, 0.2) is 0 Å². The second kappa shape index (κ2) is 9.43. The Kier molecular flexibility index (Phi) is 7.64. The van der Waals surface area contributed by atoms with Crippen molar-refractivity contribution in [1.29, 1.82) is 0 Å². The molecule has 5 saturated carbocycles. The van der Waals surface area contributed by atoms with Gasteiger partial charge >= 0.3 is 0 Å². The molecule has 0 saturated heterocycles. The number of hydrogen-bond acceptors (Lipinski definition) is 0. The van der Waals surface area contributed by atoms with Gasteiger partial charge in [0.1, 0.15) is 0 Å². The maximum Gasteiger partial charge on any atom is -0.0295 e. The molecule has 5 rings (SSSR count). The van der Waals surface area contributed by atoms with Crippen molar-refractivity contribution in [2.45, 2.75) is 119 Å². The Labute approximate surface area is 178 Å². The third-order valence-corrected chi connectivity index (χ3v) is 9.91. The van der Waals surface area contributed by atoms with Crippen LogP contribution in [0.25, 0.3) is 0 Å². The number of fused-ring (bicyclic) bond motifs is 4. The van der Waals surface area contributed by atoms with Gasteiger partial charge in [0.15, 0.2) is 0 Å². The van der Waals surface area contributed by atoms with Crippen molar-refractivity contribution in [3.8, 4) is 0 Å². The lowest BCUT2D eigenvalue weighted by atomic mass is 9.45. The summed E-state index contributed by atoms with van der Waals surface area (Å²) in [4.78, 5) is 0. The summed E-state index contributed by atoms with van der Waals surface area (Å²) in [6.07, 6.45) is 16.7. The van der Waals surface area contributed by atoms with E-state index < -0.39 is 0 Å². The molecule has 0 spiro atoms. The summed E-state index contributed by atoms with van der Waals surface area (Å²) >= 11 is 0. The molecule has 0 aliphatic heterocycles. The molecule has 5 aliphatic carbocycles. The van der Waals surface area contributed by atoms with E-state index in [4.69, 9.17) is 0 Å². The van der Waals surface area contributed by atoms with Gasteiger partial charge in [-0.15, -0.1) is 0 Å². The summed E-state index contributed by atoms with van der Waals surface area (Å²) in [5, 5.41) is 0. The highest BCUT2D eigenvalue weighted by atomic mass is 14.6. The van der Waals surface area contributed by atoms with Crippen molar-refractivity contribution >= 4 is 0 Å². The molecular weight excluding hydrogens is 336 g/mol. The van der Waals surface area contributed by atoms with Crippen LogP contribution in [0.4, 0.5) is 0 Å². The van der Waals surface area contributed by atoms with Crippen molar-refractivity contribution in [3.63, 3.8) is 0 Å². The van der Waals surface area contributed by atoms with Crippen LogP contribution in [-0.2, 0) is 0 Å². The summed E-state index contributed by atoms with van der Waals surface area (Å²) in [5.41, 5.74) is 0.694. The van der Waals surface area contributed by atoms with Crippen LogP contribution in [0.5, 0.6) is 0 Å². The molecule has 5 fully saturated rings. The Morgan fingerprint density at radius 2 is 1.46 bits per heavy atom. The zero-order valence-electron chi connectivity index (χ0n) is 20.5. The minimum absolute atomic E-state index is 0.694. The fourth-order valence-electron chi connectivity index (χ4n) is 7.77. The Bertz CT molecular complexity index is 456. The van der Waals surface area contributed by atoms with E-state index in [9.17, 15) is 0 Å². The Morgan fingerprint density at radius 1 is 0.821 bits per heavy atom. The van der Waals surface area contributed by atoms with Gasteiger partial charge in [0.25, 0.3) is 0 Å². The third kappa shape index (κ3) is 5.18. The Balaban J connectivity index is 0.000000161. The largest absolute Gasteiger partial charge is 0.0651 e. The summed E-state index contributed by atoms with van der Waals surface area (Å²) in [5.74, 6) is 9.36. The SMILES string of the molecule is CC(C)CC[C@@H]1CC[C@H]2C[C@@H]1C2(C)C.CCC1C[C@@H]2CC(C(C)C)C[C@H](C1)C2. The lowest BCUT2D eigenvalue weighted by molar-refractivity contribution is -0.107. The van der Waals surface area contributed by atoms with Gasteiger partial charge in [-0.2, -0.15) is 0 Å². The summed E-state index contributed by atoms with van der Waals surface area (Å²) in [6.45, 7) is 17.0. The molecule has 0 N–H and O–H groups in total. The minimum Gasteiger partial charge on any atom is -0.0651 e. The molecule has 0 aromatic rings. The highest BCUT2D eigenvalue weighted by Crippen LogP contribution is 2.62. The zero-order valence-corrected chi connectivity index (χ0v) is 20.5. The number of hydrogen-bond donors (Lipinski definition) is 0. The van der Waals surface area contributed by atoms with E-state index in [-0.39, 0.29) is 0 Å². The highest BCUT2D eigenvalue weighted by Gasteiger charge is 2.53. The van der Waals surface area contributed by atoms with Crippen LogP contribution in [0.1, 0.15) is 119 Å². The number of rotatable bonds is 5.